The molecule has 2 aliphatic rings. The first-order valence-electron chi connectivity index (χ1n) is 13.5. The molecule has 1 fully saturated rings. The molecule has 2 aliphatic heterocycles. The summed E-state index contributed by atoms with van der Waals surface area (Å²) in [5.41, 5.74) is 2.76. The Morgan fingerprint density at radius 3 is 2.23 bits per heavy atom. The van der Waals surface area contributed by atoms with Crippen LogP contribution in [0, 0.1) is 5.92 Å². The van der Waals surface area contributed by atoms with E-state index in [0.717, 1.165) is 22.5 Å². The van der Waals surface area contributed by atoms with Gasteiger partial charge in [0.1, 0.15) is 18.3 Å². The second-order valence-corrected chi connectivity index (χ2v) is 11.2. The van der Waals surface area contributed by atoms with E-state index in [9.17, 15) is 14.4 Å². The maximum Gasteiger partial charge on any atom is 0.509 e. The summed E-state index contributed by atoms with van der Waals surface area (Å²) in [7, 11) is 0. The van der Waals surface area contributed by atoms with E-state index < -0.39 is 17.9 Å². The van der Waals surface area contributed by atoms with Gasteiger partial charge in [0.2, 0.25) is 5.91 Å². The SMILES string of the molecule is CC(=O)N1c2ccc(N3CCN(C(=O)OC(C)(C)C)CC3)cc2[C@H](OC(=O)OCc2ccccc2)[C@@H](C)[C@@H]1C. The van der Waals surface area contributed by atoms with Gasteiger partial charge in [0.05, 0.1) is 5.69 Å². The second-order valence-electron chi connectivity index (χ2n) is 11.2. The summed E-state index contributed by atoms with van der Waals surface area (Å²) in [4.78, 5) is 43.5. The third-order valence-corrected chi connectivity index (χ3v) is 7.28. The zero-order chi connectivity index (χ0) is 28.3. The Bertz CT molecular complexity index is 1190. The predicted molar refractivity (Wildman–Crippen MR) is 149 cm³/mol. The summed E-state index contributed by atoms with van der Waals surface area (Å²) in [6, 6.07) is 15.1. The Balaban J connectivity index is 1.52. The molecule has 0 aliphatic carbocycles. The predicted octanol–water partition coefficient (Wildman–Crippen LogP) is 5.53. The maximum atomic E-state index is 12.8. The van der Waals surface area contributed by atoms with Crippen LogP contribution in [0.4, 0.5) is 21.0 Å². The summed E-state index contributed by atoms with van der Waals surface area (Å²) in [6.45, 7) is 13.5. The number of anilines is 2. The van der Waals surface area contributed by atoms with E-state index in [4.69, 9.17) is 14.2 Å². The smallest absolute Gasteiger partial charge is 0.444 e. The molecule has 9 nitrogen and oxygen atoms in total. The van der Waals surface area contributed by atoms with Crippen molar-refractivity contribution < 1.29 is 28.6 Å². The molecule has 0 radical (unpaired) electrons. The molecule has 0 aromatic heterocycles. The van der Waals surface area contributed by atoms with Gasteiger partial charge in [0, 0.05) is 56.3 Å². The molecule has 0 unspecified atom stereocenters. The Hall–Kier alpha value is -3.75. The Morgan fingerprint density at radius 1 is 0.949 bits per heavy atom. The van der Waals surface area contributed by atoms with E-state index >= 15 is 0 Å². The number of piperazine rings is 1. The Morgan fingerprint density at radius 2 is 1.62 bits per heavy atom. The van der Waals surface area contributed by atoms with Crippen LogP contribution in [0.1, 0.15) is 58.8 Å². The van der Waals surface area contributed by atoms with Crippen molar-refractivity contribution in [2.45, 2.75) is 65.9 Å². The highest BCUT2D eigenvalue weighted by atomic mass is 16.7. The molecular formula is C30H39N3O6. The van der Waals surface area contributed by atoms with E-state index in [0.29, 0.717) is 26.2 Å². The van der Waals surface area contributed by atoms with Gasteiger partial charge < -0.3 is 28.9 Å². The molecule has 3 atom stereocenters. The zero-order valence-corrected chi connectivity index (χ0v) is 23.7. The molecule has 39 heavy (non-hydrogen) atoms. The number of nitrogens with zero attached hydrogens (tertiary/aromatic N) is 3. The maximum absolute atomic E-state index is 12.8. The van der Waals surface area contributed by atoms with Gasteiger partial charge in [-0.3, -0.25) is 4.79 Å². The van der Waals surface area contributed by atoms with E-state index in [1.54, 1.807) is 16.7 Å². The summed E-state index contributed by atoms with van der Waals surface area (Å²) < 4.78 is 16.8. The van der Waals surface area contributed by atoms with Gasteiger partial charge in [-0.15, -0.1) is 0 Å². The van der Waals surface area contributed by atoms with E-state index in [2.05, 4.69) is 4.90 Å². The zero-order valence-electron chi connectivity index (χ0n) is 23.7. The molecule has 0 spiro atoms. The fraction of sp³-hybridized carbons (Fsp3) is 0.500. The largest absolute Gasteiger partial charge is 0.509 e. The Kier molecular flexibility index (Phi) is 8.37. The number of rotatable bonds is 4. The third kappa shape index (κ3) is 6.64. The Labute approximate surface area is 230 Å². The van der Waals surface area contributed by atoms with Crippen LogP contribution in [0.3, 0.4) is 0 Å². The van der Waals surface area contributed by atoms with Crippen molar-refractivity contribution >= 4 is 29.5 Å². The molecule has 4 rings (SSSR count). The highest BCUT2D eigenvalue weighted by Gasteiger charge is 2.41. The van der Waals surface area contributed by atoms with Crippen LogP contribution in [0.15, 0.2) is 48.5 Å². The quantitative estimate of drug-likeness (QED) is 0.474. The fourth-order valence-corrected chi connectivity index (χ4v) is 5.13. The van der Waals surface area contributed by atoms with Crippen molar-refractivity contribution in [3.05, 3.63) is 59.7 Å². The van der Waals surface area contributed by atoms with E-state index in [-0.39, 0.29) is 30.6 Å². The summed E-state index contributed by atoms with van der Waals surface area (Å²) >= 11 is 0. The van der Waals surface area contributed by atoms with Crippen LogP contribution in [0.5, 0.6) is 0 Å². The molecule has 210 valence electrons. The molecule has 2 amide bonds. The minimum atomic E-state index is -0.749. The molecule has 9 heteroatoms. The molecule has 2 aromatic rings. The molecule has 1 saturated heterocycles. The number of carbonyl (C=O) groups is 3. The van der Waals surface area contributed by atoms with Gasteiger partial charge in [0.25, 0.3) is 0 Å². The number of carbonyl (C=O) groups excluding carboxylic acids is 3. The van der Waals surface area contributed by atoms with Gasteiger partial charge in [-0.25, -0.2) is 9.59 Å². The van der Waals surface area contributed by atoms with Gasteiger partial charge in [-0.1, -0.05) is 37.3 Å². The summed E-state index contributed by atoms with van der Waals surface area (Å²) in [6.07, 6.45) is -1.65. The van der Waals surface area contributed by atoms with Crippen molar-refractivity contribution in [1.29, 1.82) is 0 Å². The van der Waals surface area contributed by atoms with Crippen molar-refractivity contribution in [3.8, 4) is 0 Å². The normalized spacial score (nSPS) is 21.2. The minimum Gasteiger partial charge on any atom is -0.444 e. The monoisotopic (exact) mass is 537 g/mol. The minimum absolute atomic E-state index is 0.0700. The van der Waals surface area contributed by atoms with Gasteiger partial charge in [-0.2, -0.15) is 0 Å². The lowest BCUT2D eigenvalue weighted by Gasteiger charge is -2.43. The van der Waals surface area contributed by atoms with Crippen LogP contribution < -0.4 is 9.80 Å². The lowest BCUT2D eigenvalue weighted by molar-refractivity contribution is -0.117. The topological polar surface area (TPSA) is 88.6 Å². The highest BCUT2D eigenvalue weighted by molar-refractivity contribution is 5.94. The van der Waals surface area contributed by atoms with Crippen LogP contribution >= 0.6 is 0 Å². The number of hydrogen-bond acceptors (Lipinski definition) is 7. The van der Waals surface area contributed by atoms with E-state index in [1.807, 2.05) is 83.1 Å². The van der Waals surface area contributed by atoms with Crippen molar-refractivity contribution in [2.24, 2.45) is 5.92 Å². The van der Waals surface area contributed by atoms with Crippen LogP contribution in [0.25, 0.3) is 0 Å². The first-order chi connectivity index (χ1) is 18.4. The lowest BCUT2D eigenvalue weighted by Crippen LogP contribution is -2.50. The average Bonchev–Trinajstić information content (AvgIpc) is 2.89. The number of benzene rings is 2. The summed E-state index contributed by atoms with van der Waals surface area (Å²) in [5, 5.41) is 0. The van der Waals surface area contributed by atoms with Gasteiger partial charge >= 0.3 is 12.2 Å². The molecule has 2 heterocycles. The fourth-order valence-electron chi connectivity index (χ4n) is 5.13. The number of ether oxygens (including phenoxy) is 3. The van der Waals surface area contributed by atoms with E-state index in [1.165, 1.54) is 0 Å². The number of amides is 2. The molecule has 2 aromatic carbocycles. The third-order valence-electron chi connectivity index (χ3n) is 7.28. The molecule has 0 saturated carbocycles. The van der Waals surface area contributed by atoms with Gasteiger partial charge in [-0.05, 0) is 51.5 Å². The van der Waals surface area contributed by atoms with Crippen molar-refractivity contribution in [3.63, 3.8) is 0 Å². The van der Waals surface area contributed by atoms with Gasteiger partial charge in [0.15, 0.2) is 0 Å². The lowest BCUT2D eigenvalue weighted by atomic mass is 9.84. The highest BCUT2D eigenvalue weighted by Crippen LogP contribution is 2.44. The number of hydrogen-bond donors (Lipinski definition) is 0. The standard InChI is InChI=1S/C30H39N3O6/c1-20-21(2)33(22(3)34)26-13-12-24(31-14-16-32(17-15-31)28(35)39-30(4,5)6)18-25(26)27(20)38-29(36)37-19-23-10-8-7-9-11-23/h7-13,18,20-21,27H,14-17,19H2,1-6H3/t20-,21-,27+/m0/s1. The number of fused-ring (bicyclic) bond motifs is 1. The first kappa shape index (κ1) is 28.3. The molecule has 0 N–H and O–H groups in total. The molecular weight excluding hydrogens is 498 g/mol. The van der Waals surface area contributed by atoms with Crippen LogP contribution in [0.2, 0.25) is 0 Å². The average molecular weight is 538 g/mol. The van der Waals surface area contributed by atoms with Crippen LogP contribution in [-0.2, 0) is 25.6 Å². The molecule has 0 bridgehead atoms. The first-order valence-corrected chi connectivity index (χ1v) is 13.5. The summed E-state index contributed by atoms with van der Waals surface area (Å²) in [5.74, 6) is -0.232. The van der Waals surface area contributed by atoms with Crippen molar-refractivity contribution in [2.75, 3.05) is 36.0 Å². The van der Waals surface area contributed by atoms with Crippen molar-refractivity contribution in [1.82, 2.24) is 4.90 Å². The van der Waals surface area contributed by atoms with Crippen LogP contribution in [-0.4, -0.2) is 60.9 Å². The second kappa shape index (κ2) is 11.6.